The van der Waals surface area contributed by atoms with Crippen molar-refractivity contribution in [3.05, 3.63) is 45.0 Å². The van der Waals surface area contributed by atoms with Gasteiger partial charge in [-0.05, 0) is 59.2 Å². The zero-order chi connectivity index (χ0) is 15.8. The highest BCUT2D eigenvalue weighted by molar-refractivity contribution is 9.11. The molecule has 0 saturated heterocycles. The van der Waals surface area contributed by atoms with E-state index in [0.29, 0.717) is 0 Å². The summed E-state index contributed by atoms with van der Waals surface area (Å²) in [5.41, 5.74) is 1.08. The van der Waals surface area contributed by atoms with Crippen LogP contribution in [0.15, 0.2) is 43.7 Å². The van der Waals surface area contributed by atoms with Crippen LogP contribution in [-0.4, -0.2) is 6.54 Å². The van der Waals surface area contributed by atoms with E-state index in [4.69, 9.17) is 4.42 Å². The fraction of sp³-hybridized carbons (Fsp3) is 0.444. The first kappa shape index (κ1) is 17.8. The summed E-state index contributed by atoms with van der Waals surface area (Å²) < 4.78 is 8.02. The molecule has 1 N–H and O–H groups in total. The molecule has 0 aliphatic heterocycles. The van der Waals surface area contributed by atoms with Crippen molar-refractivity contribution in [2.45, 2.75) is 45.6 Å². The Labute approximate surface area is 149 Å². The SMILES string of the molecule is CCCCCCCNCc1ccc(-c2ccc(Br)cc2Br)o1. The molecule has 0 spiro atoms. The minimum absolute atomic E-state index is 0.794. The molecule has 1 aromatic heterocycles. The monoisotopic (exact) mass is 427 g/mol. The van der Waals surface area contributed by atoms with Gasteiger partial charge in [0, 0.05) is 14.5 Å². The van der Waals surface area contributed by atoms with E-state index >= 15 is 0 Å². The molecule has 2 nitrogen and oxygen atoms in total. The van der Waals surface area contributed by atoms with E-state index in [-0.39, 0.29) is 0 Å². The maximum Gasteiger partial charge on any atom is 0.135 e. The molecular formula is C18H23Br2NO. The third-order valence-corrected chi connectivity index (χ3v) is 4.76. The molecule has 120 valence electrons. The Morgan fingerprint density at radius 3 is 2.59 bits per heavy atom. The lowest BCUT2D eigenvalue weighted by Crippen LogP contribution is -2.14. The molecule has 2 aromatic rings. The Kier molecular flexibility index (Phi) is 7.70. The summed E-state index contributed by atoms with van der Waals surface area (Å²) in [6, 6.07) is 10.2. The van der Waals surface area contributed by atoms with Crippen LogP contribution in [0.5, 0.6) is 0 Å². The standard InChI is InChI=1S/C18H23Br2NO/c1-2-3-4-5-6-11-21-13-15-8-10-18(22-15)16-9-7-14(19)12-17(16)20/h7-10,12,21H,2-6,11,13H2,1H3. The Morgan fingerprint density at radius 1 is 1.00 bits per heavy atom. The zero-order valence-electron chi connectivity index (χ0n) is 13.0. The van der Waals surface area contributed by atoms with E-state index in [1.54, 1.807) is 0 Å². The van der Waals surface area contributed by atoms with Crippen molar-refractivity contribution < 1.29 is 4.42 Å². The van der Waals surface area contributed by atoms with Gasteiger partial charge in [-0.1, -0.05) is 48.5 Å². The van der Waals surface area contributed by atoms with E-state index in [0.717, 1.165) is 39.1 Å². The van der Waals surface area contributed by atoms with Crippen molar-refractivity contribution >= 4 is 31.9 Å². The van der Waals surface area contributed by atoms with Crippen LogP contribution in [0.25, 0.3) is 11.3 Å². The maximum atomic E-state index is 5.93. The molecule has 22 heavy (non-hydrogen) atoms. The second-order valence-electron chi connectivity index (χ2n) is 5.48. The second kappa shape index (κ2) is 9.53. The quantitative estimate of drug-likeness (QED) is 0.459. The summed E-state index contributed by atoms with van der Waals surface area (Å²) in [6.07, 6.45) is 6.56. The summed E-state index contributed by atoms with van der Waals surface area (Å²) in [6.45, 7) is 4.10. The topological polar surface area (TPSA) is 25.2 Å². The van der Waals surface area contributed by atoms with Gasteiger partial charge in [0.05, 0.1) is 6.54 Å². The first-order chi connectivity index (χ1) is 10.7. The predicted molar refractivity (Wildman–Crippen MR) is 100 cm³/mol. The zero-order valence-corrected chi connectivity index (χ0v) is 16.2. The third-order valence-electron chi connectivity index (χ3n) is 3.61. The van der Waals surface area contributed by atoms with Gasteiger partial charge < -0.3 is 9.73 Å². The van der Waals surface area contributed by atoms with E-state index in [1.807, 2.05) is 24.3 Å². The van der Waals surface area contributed by atoms with Gasteiger partial charge in [-0.25, -0.2) is 0 Å². The molecule has 0 bridgehead atoms. The maximum absolute atomic E-state index is 5.93. The number of halogens is 2. The van der Waals surface area contributed by atoms with Gasteiger partial charge in [0.2, 0.25) is 0 Å². The lowest BCUT2D eigenvalue weighted by Gasteiger charge is -2.04. The highest BCUT2D eigenvalue weighted by Gasteiger charge is 2.08. The molecule has 0 amide bonds. The molecule has 0 radical (unpaired) electrons. The Balaban J connectivity index is 1.79. The number of hydrogen-bond donors (Lipinski definition) is 1. The summed E-state index contributed by atoms with van der Waals surface area (Å²) in [7, 11) is 0. The van der Waals surface area contributed by atoms with Gasteiger partial charge in [-0.2, -0.15) is 0 Å². The normalized spacial score (nSPS) is 11.0. The highest BCUT2D eigenvalue weighted by atomic mass is 79.9. The first-order valence-corrected chi connectivity index (χ1v) is 9.54. The molecule has 1 heterocycles. The summed E-state index contributed by atoms with van der Waals surface area (Å²) in [5, 5.41) is 3.45. The Morgan fingerprint density at radius 2 is 1.82 bits per heavy atom. The van der Waals surface area contributed by atoms with E-state index < -0.39 is 0 Å². The number of furan rings is 1. The van der Waals surface area contributed by atoms with Crippen LogP contribution in [0, 0.1) is 0 Å². The largest absolute Gasteiger partial charge is 0.460 e. The molecule has 1 aromatic carbocycles. The number of nitrogens with one attached hydrogen (secondary N) is 1. The predicted octanol–water partition coefficient (Wildman–Crippen LogP) is 6.53. The van der Waals surface area contributed by atoms with E-state index in [2.05, 4.69) is 50.2 Å². The lowest BCUT2D eigenvalue weighted by molar-refractivity contribution is 0.486. The Bertz CT molecular complexity index is 580. The second-order valence-corrected chi connectivity index (χ2v) is 7.25. The number of unbranched alkanes of at least 4 members (excludes halogenated alkanes) is 4. The number of hydrogen-bond acceptors (Lipinski definition) is 2. The van der Waals surface area contributed by atoms with Crippen molar-refractivity contribution in [2.24, 2.45) is 0 Å². The molecule has 0 saturated carbocycles. The third kappa shape index (κ3) is 5.56. The van der Waals surface area contributed by atoms with Crippen molar-refractivity contribution in [3.63, 3.8) is 0 Å². The van der Waals surface area contributed by atoms with Crippen LogP contribution in [0.1, 0.15) is 44.8 Å². The summed E-state index contributed by atoms with van der Waals surface area (Å²) in [4.78, 5) is 0. The molecule has 0 fully saturated rings. The van der Waals surface area contributed by atoms with Crippen LogP contribution in [0.3, 0.4) is 0 Å². The van der Waals surface area contributed by atoms with E-state index in [1.165, 1.54) is 32.1 Å². The number of rotatable bonds is 9. The average molecular weight is 429 g/mol. The molecule has 0 atom stereocenters. The minimum atomic E-state index is 0.794. The lowest BCUT2D eigenvalue weighted by atomic mass is 10.1. The van der Waals surface area contributed by atoms with Gasteiger partial charge in [0.25, 0.3) is 0 Å². The molecular weight excluding hydrogens is 406 g/mol. The van der Waals surface area contributed by atoms with Crippen molar-refractivity contribution in [1.82, 2.24) is 5.32 Å². The molecule has 0 unspecified atom stereocenters. The van der Waals surface area contributed by atoms with Crippen molar-refractivity contribution in [1.29, 1.82) is 0 Å². The van der Waals surface area contributed by atoms with Gasteiger partial charge in [0.15, 0.2) is 0 Å². The van der Waals surface area contributed by atoms with Gasteiger partial charge >= 0.3 is 0 Å². The molecule has 4 heteroatoms. The number of benzene rings is 1. The van der Waals surface area contributed by atoms with Crippen LogP contribution < -0.4 is 5.32 Å². The van der Waals surface area contributed by atoms with Crippen LogP contribution >= 0.6 is 31.9 Å². The van der Waals surface area contributed by atoms with Gasteiger partial charge in [0.1, 0.15) is 11.5 Å². The minimum Gasteiger partial charge on any atom is -0.460 e. The molecule has 0 aliphatic rings. The van der Waals surface area contributed by atoms with Crippen LogP contribution in [-0.2, 0) is 6.54 Å². The first-order valence-electron chi connectivity index (χ1n) is 7.95. The molecule has 2 rings (SSSR count). The van der Waals surface area contributed by atoms with Crippen LogP contribution in [0.4, 0.5) is 0 Å². The van der Waals surface area contributed by atoms with Crippen molar-refractivity contribution in [3.8, 4) is 11.3 Å². The van der Waals surface area contributed by atoms with Gasteiger partial charge in [-0.15, -0.1) is 0 Å². The fourth-order valence-corrected chi connectivity index (χ4v) is 3.61. The molecule has 0 aliphatic carbocycles. The average Bonchev–Trinajstić information content (AvgIpc) is 2.95. The smallest absolute Gasteiger partial charge is 0.135 e. The Hall–Kier alpha value is -0.580. The van der Waals surface area contributed by atoms with Gasteiger partial charge in [-0.3, -0.25) is 0 Å². The summed E-state index contributed by atoms with van der Waals surface area (Å²) in [5.74, 6) is 1.89. The van der Waals surface area contributed by atoms with Crippen LogP contribution in [0.2, 0.25) is 0 Å². The van der Waals surface area contributed by atoms with E-state index in [9.17, 15) is 0 Å². The summed E-state index contributed by atoms with van der Waals surface area (Å²) >= 11 is 7.05. The fourth-order valence-electron chi connectivity index (χ4n) is 2.37. The highest BCUT2D eigenvalue weighted by Crippen LogP contribution is 2.31. The van der Waals surface area contributed by atoms with Crippen molar-refractivity contribution in [2.75, 3.05) is 6.54 Å².